The number of rotatable bonds is 7. The summed E-state index contributed by atoms with van der Waals surface area (Å²) < 4.78 is 1.94. The Morgan fingerprint density at radius 3 is 2.55 bits per heavy atom. The molecule has 31 heavy (non-hydrogen) atoms. The first kappa shape index (κ1) is 20.1. The Morgan fingerprint density at radius 2 is 1.81 bits per heavy atom. The van der Waals surface area contributed by atoms with E-state index in [2.05, 4.69) is 39.4 Å². The molecule has 0 unspecified atom stereocenters. The van der Waals surface area contributed by atoms with Crippen LogP contribution >= 0.6 is 0 Å². The van der Waals surface area contributed by atoms with Crippen LogP contribution in [0.4, 0.5) is 5.82 Å². The second-order valence-electron chi connectivity index (χ2n) is 7.09. The van der Waals surface area contributed by atoms with Crippen LogP contribution < -0.4 is 10.4 Å². The molecule has 0 aliphatic heterocycles. The molecule has 9 heteroatoms. The molecule has 0 aliphatic rings. The van der Waals surface area contributed by atoms with Gasteiger partial charge in [-0.3, -0.25) is 15.2 Å². The summed E-state index contributed by atoms with van der Waals surface area (Å²) in [6.45, 7) is 4.35. The fourth-order valence-electron chi connectivity index (χ4n) is 3.01. The van der Waals surface area contributed by atoms with Gasteiger partial charge in [0, 0.05) is 24.0 Å². The number of carbonyl (C=O) groups excluding carboxylic acids is 1. The van der Waals surface area contributed by atoms with Gasteiger partial charge in [-0.15, -0.1) is 10.2 Å². The number of carbonyl (C=O) groups is 1. The average molecular weight is 414 g/mol. The van der Waals surface area contributed by atoms with Crippen molar-refractivity contribution in [3.8, 4) is 11.5 Å². The maximum atomic E-state index is 12.8. The molecule has 4 rings (SSSR count). The van der Waals surface area contributed by atoms with Crippen LogP contribution in [0.3, 0.4) is 0 Å². The van der Waals surface area contributed by atoms with Gasteiger partial charge < -0.3 is 4.57 Å². The van der Waals surface area contributed by atoms with Crippen LogP contribution in [0.15, 0.2) is 73.3 Å². The number of anilines is 1. The zero-order valence-corrected chi connectivity index (χ0v) is 17.3. The number of amides is 1. The Kier molecular flexibility index (Phi) is 5.93. The van der Waals surface area contributed by atoms with Crippen molar-refractivity contribution in [2.45, 2.75) is 26.4 Å². The fourth-order valence-corrected chi connectivity index (χ4v) is 3.01. The quantitative estimate of drug-likeness (QED) is 0.464. The van der Waals surface area contributed by atoms with E-state index in [0.717, 1.165) is 0 Å². The maximum absolute atomic E-state index is 12.8. The zero-order valence-electron chi connectivity index (χ0n) is 17.3. The SMILES string of the molecule is CC(C)n1cnnc1-c1cccc(N(Cc2ncccn2)NC(=O)c2ccccc2)n1. The fraction of sp³-hybridized carbons (Fsp3) is 0.182. The van der Waals surface area contributed by atoms with Crippen molar-refractivity contribution in [2.24, 2.45) is 0 Å². The predicted octanol–water partition coefficient (Wildman–Crippen LogP) is 3.06. The lowest BCUT2D eigenvalue weighted by molar-refractivity contribution is 0.0947. The molecule has 3 aromatic heterocycles. The molecular formula is C22H22N8O. The van der Waals surface area contributed by atoms with Crippen molar-refractivity contribution in [3.05, 3.63) is 84.7 Å². The van der Waals surface area contributed by atoms with E-state index in [0.29, 0.717) is 28.7 Å². The second-order valence-corrected chi connectivity index (χ2v) is 7.09. The monoisotopic (exact) mass is 414 g/mol. The smallest absolute Gasteiger partial charge is 0.269 e. The highest BCUT2D eigenvalue weighted by atomic mass is 16.2. The van der Waals surface area contributed by atoms with Gasteiger partial charge in [-0.1, -0.05) is 24.3 Å². The van der Waals surface area contributed by atoms with Crippen LogP contribution in [0, 0.1) is 0 Å². The van der Waals surface area contributed by atoms with Crippen molar-refractivity contribution in [1.82, 2.24) is 35.1 Å². The van der Waals surface area contributed by atoms with E-state index in [-0.39, 0.29) is 18.5 Å². The molecule has 0 saturated carbocycles. The highest BCUT2D eigenvalue weighted by molar-refractivity contribution is 5.94. The van der Waals surface area contributed by atoms with Gasteiger partial charge in [0.25, 0.3) is 5.91 Å². The molecule has 1 N–H and O–H groups in total. The van der Waals surface area contributed by atoms with Gasteiger partial charge in [0.1, 0.15) is 30.2 Å². The molecule has 1 aromatic carbocycles. The standard InChI is InChI=1S/C22H22N8O/c1-16(2)29-15-25-27-21(29)18-10-6-11-20(26-18)30(14-19-23-12-7-13-24-19)28-22(31)17-8-4-3-5-9-17/h3-13,15-16H,14H2,1-2H3,(H,28,31). The van der Waals surface area contributed by atoms with Gasteiger partial charge in [0.15, 0.2) is 5.82 Å². The number of nitrogens with zero attached hydrogens (tertiary/aromatic N) is 7. The van der Waals surface area contributed by atoms with Crippen molar-refractivity contribution in [2.75, 3.05) is 5.01 Å². The molecule has 0 fully saturated rings. The Hall–Kier alpha value is -4.14. The van der Waals surface area contributed by atoms with E-state index >= 15 is 0 Å². The van der Waals surface area contributed by atoms with Crippen molar-refractivity contribution < 1.29 is 4.79 Å². The number of nitrogens with one attached hydrogen (secondary N) is 1. The van der Waals surface area contributed by atoms with Crippen LogP contribution in [-0.2, 0) is 6.54 Å². The van der Waals surface area contributed by atoms with Gasteiger partial charge in [-0.05, 0) is 44.2 Å². The third kappa shape index (κ3) is 4.72. The normalized spacial score (nSPS) is 10.8. The minimum atomic E-state index is -0.255. The molecular weight excluding hydrogens is 392 g/mol. The first-order chi connectivity index (χ1) is 15.1. The maximum Gasteiger partial charge on any atom is 0.269 e. The molecule has 3 heterocycles. The van der Waals surface area contributed by atoms with Crippen molar-refractivity contribution >= 4 is 11.7 Å². The topological polar surface area (TPSA) is 102 Å². The first-order valence-corrected chi connectivity index (χ1v) is 9.88. The summed E-state index contributed by atoms with van der Waals surface area (Å²) in [5, 5.41) is 9.87. The molecule has 0 saturated heterocycles. The average Bonchev–Trinajstić information content (AvgIpc) is 3.30. The Labute approximate surface area is 179 Å². The Bertz CT molecular complexity index is 1140. The zero-order chi connectivity index (χ0) is 21.6. The van der Waals surface area contributed by atoms with E-state index in [4.69, 9.17) is 4.98 Å². The van der Waals surface area contributed by atoms with E-state index in [1.807, 2.05) is 41.0 Å². The van der Waals surface area contributed by atoms with Gasteiger partial charge in [-0.25, -0.2) is 15.0 Å². The number of benzene rings is 1. The first-order valence-electron chi connectivity index (χ1n) is 9.88. The van der Waals surface area contributed by atoms with E-state index in [1.165, 1.54) is 0 Å². The van der Waals surface area contributed by atoms with Gasteiger partial charge >= 0.3 is 0 Å². The Morgan fingerprint density at radius 1 is 1.03 bits per heavy atom. The lowest BCUT2D eigenvalue weighted by atomic mass is 10.2. The van der Waals surface area contributed by atoms with Gasteiger partial charge in [-0.2, -0.15) is 0 Å². The summed E-state index contributed by atoms with van der Waals surface area (Å²) in [6, 6.07) is 16.5. The lowest BCUT2D eigenvalue weighted by Gasteiger charge is -2.24. The summed E-state index contributed by atoms with van der Waals surface area (Å²) in [4.78, 5) is 26.1. The number of hydrogen-bond donors (Lipinski definition) is 1. The van der Waals surface area contributed by atoms with Crippen LogP contribution in [0.5, 0.6) is 0 Å². The van der Waals surface area contributed by atoms with E-state index in [9.17, 15) is 4.79 Å². The second kappa shape index (κ2) is 9.12. The predicted molar refractivity (Wildman–Crippen MR) is 116 cm³/mol. The van der Waals surface area contributed by atoms with Gasteiger partial charge in [0.05, 0.1) is 0 Å². The lowest BCUT2D eigenvalue weighted by Crippen LogP contribution is -2.42. The summed E-state index contributed by atoms with van der Waals surface area (Å²) in [7, 11) is 0. The highest BCUT2D eigenvalue weighted by Gasteiger charge is 2.17. The Balaban J connectivity index is 1.68. The molecule has 4 aromatic rings. The molecule has 0 radical (unpaired) electrons. The van der Waals surface area contributed by atoms with Crippen LogP contribution in [0.2, 0.25) is 0 Å². The molecule has 156 valence electrons. The number of hydrazine groups is 1. The van der Waals surface area contributed by atoms with Crippen molar-refractivity contribution in [1.29, 1.82) is 0 Å². The van der Waals surface area contributed by atoms with Crippen LogP contribution in [0.25, 0.3) is 11.5 Å². The third-order valence-electron chi connectivity index (χ3n) is 4.56. The molecule has 1 amide bonds. The molecule has 0 spiro atoms. The minimum absolute atomic E-state index is 0.182. The van der Waals surface area contributed by atoms with Crippen molar-refractivity contribution in [3.63, 3.8) is 0 Å². The largest absolute Gasteiger partial charge is 0.310 e. The van der Waals surface area contributed by atoms with Crippen LogP contribution in [-0.4, -0.2) is 35.6 Å². The van der Waals surface area contributed by atoms with E-state index in [1.54, 1.807) is 41.9 Å². The van der Waals surface area contributed by atoms with Crippen LogP contribution in [0.1, 0.15) is 36.1 Å². The molecule has 0 atom stereocenters. The number of aromatic nitrogens is 6. The molecule has 0 bridgehead atoms. The summed E-state index contributed by atoms with van der Waals surface area (Å²) in [6.07, 6.45) is 5.00. The summed E-state index contributed by atoms with van der Waals surface area (Å²) in [5.41, 5.74) is 4.11. The number of pyridine rings is 1. The minimum Gasteiger partial charge on any atom is -0.310 e. The summed E-state index contributed by atoms with van der Waals surface area (Å²) >= 11 is 0. The van der Waals surface area contributed by atoms with E-state index < -0.39 is 0 Å². The molecule has 9 nitrogen and oxygen atoms in total. The number of hydrogen-bond acceptors (Lipinski definition) is 7. The highest BCUT2D eigenvalue weighted by Crippen LogP contribution is 2.21. The van der Waals surface area contributed by atoms with Gasteiger partial charge in [0.2, 0.25) is 0 Å². The third-order valence-corrected chi connectivity index (χ3v) is 4.56. The summed E-state index contributed by atoms with van der Waals surface area (Å²) in [5.74, 6) is 1.48. The molecule has 0 aliphatic carbocycles.